The molecule has 16 heavy (non-hydrogen) atoms. The third-order valence-corrected chi connectivity index (χ3v) is 2.47. The van der Waals surface area contributed by atoms with Crippen molar-refractivity contribution >= 4 is 5.95 Å². The molecule has 0 saturated heterocycles. The smallest absolute Gasteiger partial charge is 0.239 e. The number of benzene rings is 1. The molecule has 0 amide bonds. The van der Waals surface area contributed by atoms with Gasteiger partial charge in [-0.1, -0.05) is 12.1 Å². The highest BCUT2D eigenvalue weighted by molar-refractivity contribution is 5.38. The zero-order chi connectivity index (χ0) is 11.5. The summed E-state index contributed by atoms with van der Waals surface area (Å²) in [5.41, 5.74) is 7.73. The number of anilines is 1. The summed E-state index contributed by atoms with van der Waals surface area (Å²) in [5, 5.41) is 6.43. The molecule has 0 saturated carbocycles. The third kappa shape index (κ3) is 2.13. The molecule has 1 aromatic heterocycles. The molecule has 0 atom stereocenters. The maximum absolute atomic E-state index is 5.63. The minimum atomic E-state index is 0.236. The summed E-state index contributed by atoms with van der Waals surface area (Å²) in [5.74, 6) is 1.72. The Labute approximate surface area is 93.7 Å². The lowest BCUT2D eigenvalue weighted by molar-refractivity contribution is 0.294. The summed E-state index contributed by atoms with van der Waals surface area (Å²) in [6, 6.07) is 5.95. The highest BCUT2D eigenvalue weighted by Gasteiger charge is 2.04. The van der Waals surface area contributed by atoms with Gasteiger partial charge >= 0.3 is 0 Å². The normalized spacial score (nSPS) is 10.4. The van der Waals surface area contributed by atoms with Crippen molar-refractivity contribution < 1.29 is 4.74 Å². The van der Waals surface area contributed by atoms with Gasteiger partial charge in [-0.05, 0) is 31.0 Å². The monoisotopic (exact) mass is 218 g/mol. The van der Waals surface area contributed by atoms with Gasteiger partial charge < -0.3 is 10.5 Å². The summed E-state index contributed by atoms with van der Waals surface area (Å²) in [6.45, 7) is 4.42. The van der Waals surface area contributed by atoms with Crippen molar-refractivity contribution in [3.63, 3.8) is 0 Å². The van der Waals surface area contributed by atoms with Crippen molar-refractivity contribution in [2.24, 2.45) is 0 Å². The fourth-order valence-corrected chi connectivity index (χ4v) is 1.40. The molecule has 5 heteroatoms. The number of nitrogens with one attached hydrogen (secondary N) is 1. The van der Waals surface area contributed by atoms with Gasteiger partial charge in [0.15, 0.2) is 5.82 Å². The van der Waals surface area contributed by atoms with Gasteiger partial charge in [-0.25, -0.2) is 0 Å². The Morgan fingerprint density at radius 3 is 2.88 bits per heavy atom. The van der Waals surface area contributed by atoms with Crippen LogP contribution in [0.3, 0.4) is 0 Å². The molecular formula is C11H14N4O. The summed E-state index contributed by atoms with van der Waals surface area (Å²) in [4.78, 5) is 3.96. The Hall–Kier alpha value is -2.04. The van der Waals surface area contributed by atoms with E-state index in [4.69, 9.17) is 10.5 Å². The molecule has 0 aliphatic rings. The maximum Gasteiger partial charge on any atom is 0.239 e. The quantitative estimate of drug-likeness (QED) is 0.820. The van der Waals surface area contributed by atoms with E-state index in [-0.39, 0.29) is 5.95 Å². The Balaban J connectivity index is 2.07. The van der Waals surface area contributed by atoms with Crippen molar-refractivity contribution in [1.82, 2.24) is 15.2 Å². The van der Waals surface area contributed by atoms with E-state index in [2.05, 4.69) is 28.2 Å². The van der Waals surface area contributed by atoms with Crippen LogP contribution in [-0.2, 0) is 6.61 Å². The average Bonchev–Trinajstić information content (AvgIpc) is 2.67. The van der Waals surface area contributed by atoms with Crippen LogP contribution < -0.4 is 10.5 Å². The van der Waals surface area contributed by atoms with Crippen LogP contribution >= 0.6 is 0 Å². The first-order valence-electron chi connectivity index (χ1n) is 5.02. The average molecular weight is 218 g/mol. The van der Waals surface area contributed by atoms with Crippen molar-refractivity contribution in [3.8, 4) is 5.75 Å². The number of nitrogens with two attached hydrogens (primary N) is 1. The van der Waals surface area contributed by atoms with Gasteiger partial charge in [-0.2, -0.15) is 4.98 Å². The van der Waals surface area contributed by atoms with Crippen LogP contribution in [0.5, 0.6) is 5.75 Å². The van der Waals surface area contributed by atoms with Crippen LogP contribution in [0.1, 0.15) is 17.0 Å². The summed E-state index contributed by atoms with van der Waals surface area (Å²) >= 11 is 0. The molecule has 84 valence electrons. The van der Waals surface area contributed by atoms with Gasteiger partial charge in [0.05, 0.1) is 0 Å². The zero-order valence-electron chi connectivity index (χ0n) is 9.32. The van der Waals surface area contributed by atoms with E-state index in [1.54, 1.807) is 0 Å². The number of H-pyrrole nitrogens is 1. The number of aromatic amines is 1. The van der Waals surface area contributed by atoms with Crippen molar-refractivity contribution in [1.29, 1.82) is 0 Å². The van der Waals surface area contributed by atoms with E-state index in [1.807, 2.05) is 19.1 Å². The SMILES string of the molecule is Cc1cccc(OCc2nc(N)n[nH]2)c1C. The molecule has 0 unspecified atom stereocenters. The predicted octanol–water partition coefficient (Wildman–Crippen LogP) is 1.58. The highest BCUT2D eigenvalue weighted by Crippen LogP contribution is 2.21. The lowest BCUT2D eigenvalue weighted by Gasteiger charge is -2.09. The number of hydrogen-bond donors (Lipinski definition) is 2. The van der Waals surface area contributed by atoms with E-state index in [9.17, 15) is 0 Å². The topological polar surface area (TPSA) is 76.8 Å². The highest BCUT2D eigenvalue weighted by atomic mass is 16.5. The van der Waals surface area contributed by atoms with Gasteiger partial charge in [0.2, 0.25) is 5.95 Å². The molecule has 1 heterocycles. The molecule has 5 nitrogen and oxygen atoms in total. The number of rotatable bonds is 3. The first-order valence-corrected chi connectivity index (χ1v) is 5.02. The van der Waals surface area contributed by atoms with Gasteiger partial charge in [0.1, 0.15) is 12.4 Å². The van der Waals surface area contributed by atoms with Crippen LogP contribution in [0.25, 0.3) is 0 Å². The Morgan fingerprint density at radius 1 is 1.38 bits per heavy atom. The third-order valence-electron chi connectivity index (χ3n) is 2.47. The van der Waals surface area contributed by atoms with Crippen LogP contribution in [0.2, 0.25) is 0 Å². The second-order valence-electron chi connectivity index (χ2n) is 3.63. The van der Waals surface area contributed by atoms with E-state index in [1.165, 1.54) is 5.56 Å². The predicted molar refractivity (Wildman–Crippen MR) is 61.0 cm³/mol. The van der Waals surface area contributed by atoms with Crippen molar-refractivity contribution in [2.75, 3.05) is 5.73 Å². The van der Waals surface area contributed by atoms with E-state index < -0.39 is 0 Å². The molecule has 0 spiro atoms. The van der Waals surface area contributed by atoms with Crippen molar-refractivity contribution in [3.05, 3.63) is 35.2 Å². The number of aromatic nitrogens is 3. The number of hydrogen-bond acceptors (Lipinski definition) is 4. The lowest BCUT2D eigenvalue weighted by atomic mass is 10.1. The van der Waals surface area contributed by atoms with E-state index >= 15 is 0 Å². The molecule has 0 fully saturated rings. The largest absolute Gasteiger partial charge is 0.485 e. The number of ether oxygens (including phenoxy) is 1. The molecule has 0 radical (unpaired) electrons. The van der Waals surface area contributed by atoms with Gasteiger partial charge in [-0.15, -0.1) is 5.10 Å². The second-order valence-corrected chi connectivity index (χ2v) is 3.63. The number of aryl methyl sites for hydroxylation is 1. The fraction of sp³-hybridized carbons (Fsp3) is 0.273. The molecule has 0 aliphatic heterocycles. The molecule has 0 aliphatic carbocycles. The second kappa shape index (κ2) is 4.22. The minimum Gasteiger partial charge on any atom is -0.485 e. The first kappa shape index (κ1) is 10.5. The van der Waals surface area contributed by atoms with Crippen LogP contribution in [0.15, 0.2) is 18.2 Å². The van der Waals surface area contributed by atoms with Crippen molar-refractivity contribution in [2.45, 2.75) is 20.5 Å². The number of nitrogen functional groups attached to an aromatic ring is 1. The summed E-state index contributed by atoms with van der Waals surface area (Å²) < 4.78 is 5.63. The van der Waals surface area contributed by atoms with Gasteiger partial charge in [0.25, 0.3) is 0 Å². The molecule has 0 bridgehead atoms. The lowest BCUT2D eigenvalue weighted by Crippen LogP contribution is -2.00. The molecule has 3 N–H and O–H groups in total. The van der Waals surface area contributed by atoms with Crippen LogP contribution in [0.4, 0.5) is 5.95 Å². The Bertz CT molecular complexity index is 492. The standard InChI is InChI=1S/C11H14N4O/c1-7-4-3-5-9(8(7)2)16-6-10-13-11(12)15-14-10/h3-5H,6H2,1-2H3,(H3,12,13,14,15). The molecule has 1 aromatic carbocycles. The first-order chi connectivity index (χ1) is 7.66. The summed E-state index contributed by atoms with van der Waals surface area (Å²) in [6.07, 6.45) is 0. The van der Waals surface area contributed by atoms with Crippen LogP contribution in [0, 0.1) is 13.8 Å². The molecule has 2 aromatic rings. The maximum atomic E-state index is 5.63. The summed E-state index contributed by atoms with van der Waals surface area (Å²) in [7, 11) is 0. The van der Waals surface area contributed by atoms with Gasteiger partial charge in [0, 0.05) is 0 Å². The van der Waals surface area contributed by atoms with Gasteiger partial charge in [-0.3, -0.25) is 5.10 Å². The molecule has 2 rings (SSSR count). The Morgan fingerprint density at radius 2 is 2.19 bits per heavy atom. The fourth-order valence-electron chi connectivity index (χ4n) is 1.40. The zero-order valence-corrected chi connectivity index (χ0v) is 9.32. The Kier molecular flexibility index (Phi) is 2.76. The molecular weight excluding hydrogens is 204 g/mol. The van der Waals surface area contributed by atoms with Crippen LogP contribution in [-0.4, -0.2) is 15.2 Å². The van der Waals surface area contributed by atoms with E-state index in [0.29, 0.717) is 12.4 Å². The van der Waals surface area contributed by atoms with E-state index in [0.717, 1.165) is 11.3 Å². The number of nitrogens with zero attached hydrogens (tertiary/aromatic N) is 2. The minimum absolute atomic E-state index is 0.236.